The van der Waals surface area contributed by atoms with Crippen LogP contribution in [0.5, 0.6) is 0 Å². The summed E-state index contributed by atoms with van der Waals surface area (Å²) in [5.74, 6) is -1.90. The number of carboxylic acid groups (broad SMARTS) is 2. The molecule has 0 aliphatic rings. The Balaban J connectivity index is 4.50. The smallest absolute Gasteiger partial charge is 0.326 e. The maximum absolute atomic E-state index is 13.1. The van der Waals surface area contributed by atoms with Crippen LogP contribution in [-0.2, 0) is 14.4 Å². The van der Waals surface area contributed by atoms with Crippen molar-refractivity contribution in [2.45, 2.75) is 154 Å². The van der Waals surface area contributed by atoms with Gasteiger partial charge >= 0.3 is 11.9 Å². The summed E-state index contributed by atoms with van der Waals surface area (Å²) < 4.78 is 0. The number of carboxylic acids is 2. The summed E-state index contributed by atoms with van der Waals surface area (Å²) in [5, 5.41) is 28.6. The third kappa shape index (κ3) is 23.3. The predicted octanol–water partition coefficient (Wildman–Crippen LogP) is 6.44. The summed E-state index contributed by atoms with van der Waals surface area (Å²) in [6.07, 6.45) is 20.9. The first-order valence-corrected chi connectivity index (χ1v) is 15.6. The van der Waals surface area contributed by atoms with Gasteiger partial charge in [-0.15, -0.1) is 0 Å². The fraction of sp³-hybridized carbons (Fsp3) is 0.867. The van der Waals surface area contributed by atoms with Gasteiger partial charge in [0.2, 0.25) is 5.91 Å². The topological polar surface area (TPSA) is 157 Å². The zero-order valence-electron chi connectivity index (χ0n) is 24.7. The highest BCUT2D eigenvalue weighted by Gasteiger charge is 2.28. The number of nitrogens with two attached hydrogens (primary N) is 1. The van der Waals surface area contributed by atoms with Crippen LogP contribution in [0.1, 0.15) is 148 Å². The van der Waals surface area contributed by atoms with Crippen LogP contribution in [-0.4, -0.2) is 58.0 Å². The minimum Gasteiger partial charge on any atom is -0.481 e. The van der Waals surface area contributed by atoms with E-state index in [4.69, 9.17) is 16.2 Å². The van der Waals surface area contributed by atoms with Crippen LogP contribution < -0.4 is 11.1 Å². The van der Waals surface area contributed by atoms with Gasteiger partial charge in [-0.2, -0.15) is 0 Å². The van der Waals surface area contributed by atoms with E-state index in [0.717, 1.165) is 77.0 Å². The molecule has 1 amide bonds. The first-order chi connectivity index (χ1) is 18.8. The molecule has 0 aromatic carbocycles. The molecule has 0 saturated carbocycles. The molecule has 0 spiro atoms. The van der Waals surface area contributed by atoms with Crippen molar-refractivity contribution in [3.8, 4) is 0 Å². The fourth-order valence-corrected chi connectivity index (χ4v) is 4.91. The molecule has 0 rings (SSSR count). The Kier molecular flexibility index (Phi) is 24.4. The molecule has 0 saturated heterocycles. The van der Waals surface area contributed by atoms with E-state index in [9.17, 15) is 19.5 Å². The zero-order chi connectivity index (χ0) is 29.1. The minimum absolute atomic E-state index is 0.0637. The summed E-state index contributed by atoms with van der Waals surface area (Å²) in [6, 6.07) is -0.851. The molecule has 0 heterocycles. The van der Waals surface area contributed by atoms with E-state index >= 15 is 0 Å². The average Bonchev–Trinajstić information content (AvgIpc) is 2.88. The molecule has 0 bridgehead atoms. The molecule has 0 aliphatic carbocycles. The van der Waals surface area contributed by atoms with Crippen molar-refractivity contribution < 1.29 is 24.6 Å². The van der Waals surface area contributed by atoms with Gasteiger partial charge in [-0.05, 0) is 32.1 Å². The van der Waals surface area contributed by atoms with Crippen molar-refractivity contribution in [3.05, 3.63) is 0 Å². The van der Waals surface area contributed by atoms with Gasteiger partial charge < -0.3 is 26.2 Å². The third-order valence-corrected chi connectivity index (χ3v) is 7.24. The Morgan fingerprint density at radius 2 is 1.18 bits per heavy atom. The quantitative estimate of drug-likeness (QED) is 0.0423. The standard InChI is InChI=1S/C30H58N4O5/c1-2-3-4-5-6-8-11-14-17-22-27(35)34(26(29(38)39)21-20-24-33-30(31)32)25-19-16-13-10-7-9-12-15-18-23-28(36)37/h26H,2-25H2,1H3,(H,36,37)(H,38,39)(H4,31,32,33)/t26-/m0/s1. The van der Waals surface area contributed by atoms with Gasteiger partial charge in [0.1, 0.15) is 6.04 Å². The van der Waals surface area contributed by atoms with Crippen molar-refractivity contribution >= 4 is 23.8 Å². The molecule has 1 atom stereocenters. The number of carbonyl (C=O) groups is 3. The molecule has 9 nitrogen and oxygen atoms in total. The Morgan fingerprint density at radius 3 is 1.64 bits per heavy atom. The first kappa shape index (κ1) is 36.7. The van der Waals surface area contributed by atoms with Crippen LogP contribution in [0.25, 0.3) is 0 Å². The number of guanidine groups is 1. The van der Waals surface area contributed by atoms with Crippen LogP contribution in [0.2, 0.25) is 0 Å². The van der Waals surface area contributed by atoms with Crippen molar-refractivity contribution in [3.63, 3.8) is 0 Å². The zero-order valence-corrected chi connectivity index (χ0v) is 24.7. The lowest BCUT2D eigenvalue weighted by molar-refractivity contribution is -0.150. The lowest BCUT2D eigenvalue weighted by Crippen LogP contribution is -2.46. The number of carbonyl (C=O) groups excluding carboxylic acids is 1. The summed E-state index contributed by atoms with van der Waals surface area (Å²) in [7, 11) is 0. The number of nitrogens with one attached hydrogen (secondary N) is 2. The van der Waals surface area contributed by atoms with E-state index in [-0.39, 0.29) is 18.3 Å². The molecular formula is C30H58N4O5. The van der Waals surface area contributed by atoms with Crippen molar-refractivity contribution in [1.29, 1.82) is 5.41 Å². The largest absolute Gasteiger partial charge is 0.481 e. The molecule has 0 aromatic heterocycles. The molecule has 0 radical (unpaired) electrons. The van der Waals surface area contributed by atoms with Gasteiger partial charge in [0.05, 0.1) is 0 Å². The van der Waals surface area contributed by atoms with E-state index in [2.05, 4.69) is 12.2 Å². The minimum atomic E-state index is -0.971. The molecular weight excluding hydrogens is 496 g/mol. The summed E-state index contributed by atoms with van der Waals surface area (Å²) in [5.41, 5.74) is 5.32. The van der Waals surface area contributed by atoms with Gasteiger partial charge in [-0.25, -0.2) is 4.79 Å². The number of aliphatic carboxylic acids is 2. The second-order valence-corrected chi connectivity index (χ2v) is 10.8. The van der Waals surface area contributed by atoms with E-state index in [1.54, 1.807) is 4.90 Å². The molecule has 0 fully saturated rings. The Hall–Kier alpha value is -2.32. The van der Waals surface area contributed by atoms with Gasteiger partial charge in [-0.1, -0.05) is 103 Å². The number of hydrogen-bond donors (Lipinski definition) is 5. The molecule has 39 heavy (non-hydrogen) atoms. The number of nitrogens with zero attached hydrogens (tertiary/aromatic N) is 1. The Morgan fingerprint density at radius 1 is 0.718 bits per heavy atom. The molecule has 0 unspecified atom stereocenters. The number of hydrogen-bond acceptors (Lipinski definition) is 4. The van der Waals surface area contributed by atoms with E-state index in [0.29, 0.717) is 32.4 Å². The summed E-state index contributed by atoms with van der Waals surface area (Å²) in [6.45, 7) is 3.09. The van der Waals surface area contributed by atoms with E-state index < -0.39 is 18.0 Å². The first-order valence-electron chi connectivity index (χ1n) is 15.6. The maximum Gasteiger partial charge on any atom is 0.326 e. The second kappa shape index (κ2) is 25.9. The van der Waals surface area contributed by atoms with Crippen LogP contribution in [0, 0.1) is 5.41 Å². The third-order valence-electron chi connectivity index (χ3n) is 7.24. The van der Waals surface area contributed by atoms with E-state index in [1.807, 2.05) is 0 Å². The molecule has 228 valence electrons. The number of rotatable bonds is 28. The Labute approximate surface area is 237 Å². The SMILES string of the molecule is CCCCCCCCCCCC(=O)N(CCCCCCCCCCCC(=O)O)[C@@H](CCCNC(=N)N)C(=O)O. The van der Waals surface area contributed by atoms with Crippen molar-refractivity contribution in [2.24, 2.45) is 5.73 Å². The summed E-state index contributed by atoms with van der Waals surface area (Å²) >= 11 is 0. The maximum atomic E-state index is 13.1. The summed E-state index contributed by atoms with van der Waals surface area (Å²) in [4.78, 5) is 37.4. The Bertz CT molecular complexity index is 659. The van der Waals surface area contributed by atoms with Crippen LogP contribution in [0.3, 0.4) is 0 Å². The van der Waals surface area contributed by atoms with Gasteiger partial charge in [-0.3, -0.25) is 15.0 Å². The van der Waals surface area contributed by atoms with Crippen LogP contribution in [0.15, 0.2) is 0 Å². The molecule has 9 heteroatoms. The lowest BCUT2D eigenvalue weighted by atomic mass is 10.0. The molecule has 0 aromatic rings. The van der Waals surface area contributed by atoms with Crippen LogP contribution in [0.4, 0.5) is 0 Å². The average molecular weight is 555 g/mol. The van der Waals surface area contributed by atoms with Gasteiger partial charge in [0.15, 0.2) is 5.96 Å². The molecule has 0 aliphatic heterocycles. The van der Waals surface area contributed by atoms with E-state index in [1.165, 1.54) is 38.5 Å². The van der Waals surface area contributed by atoms with Crippen LogP contribution >= 0.6 is 0 Å². The normalized spacial score (nSPS) is 11.7. The highest BCUT2D eigenvalue weighted by Crippen LogP contribution is 2.17. The highest BCUT2D eigenvalue weighted by molar-refractivity contribution is 5.83. The van der Waals surface area contributed by atoms with Crippen molar-refractivity contribution in [2.75, 3.05) is 13.1 Å². The number of unbranched alkanes of at least 4 members (excludes halogenated alkanes) is 16. The van der Waals surface area contributed by atoms with Crippen molar-refractivity contribution in [1.82, 2.24) is 10.2 Å². The predicted molar refractivity (Wildman–Crippen MR) is 158 cm³/mol. The molecule has 6 N–H and O–H groups in total. The highest BCUT2D eigenvalue weighted by atomic mass is 16.4. The lowest BCUT2D eigenvalue weighted by Gasteiger charge is -2.29. The van der Waals surface area contributed by atoms with Gasteiger partial charge in [0.25, 0.3) is 0 Å². The monoisotopic (exact) mass is 554 g/mol. The fourth-order valence-electron chi connectivity index (χ4n) is 4.91. The second-order valence-electron chi connectivity index (χ2n) is 10.8. The van der Waals surface area contributed by atoms with Gasteiger partial charge in [0, 0.05) is 25.9 Å². The number of amides is 1.